The van der Waals surface area contributed by atoms with Crippen LogP contribution in [0.5, 0.6) is 0 Å². The number of amides is 1. The molecule has 0 spiro atoms. The van der Waals surface area contributed by atoms with Gasteiger partial charge in [0.15, 0.2) is 0 Å². The number of carbonyl (C=O) groups excluding carboxylic acids is 1. The number of fused-ring (bicyclic) bond motifs is 2. The smallest absolute Gasteiger partial charge is 0.267 e. The lowest BCUT2D eigenvalue weighted by Crippen LogP contribution is -2.38. The first-order valence-electron chi connectivity index (χ1n) is 11.1. The van der Waals surface area contributed by atoms with Crippen LogP contribution in [0.4, 0.5) is 0 Å². The second-order valence-electron chi connectivity index (χ2n) is 8.22. The molecule has 0 aliphatic carbocycles. The Bertz CT molecular complexity index is 1440. The van der Waals surface area contributed by atoms with Crippen molar-refractivity contribution >= 4 is 22.6 Å². The van der Waals surface area contributed by atoms with Gasteiger partial charge in [0.25, 0.3) is 11.5 Å². The predicted octanol–water partition coefficient (Wildman–Crippen LogP) is 2.28. The fourth-order valence-electron chi connectivity index (χ4n) is 4.27. The van der Waals surface area contributed by atoms with Crippen LogP contribution in [0.2, 0.25) is 0 Å². The van der Waals surface area contributed by atoms with Crippen LogP contribution in [0.15, 0.2) is 65.6 Å². The third-order valence-electron chi connectivity index (χ3n) is 6.04. The summed E-state index contributed by atoms with van der Waals surface area (Å²) in [6.45, 7) is 1.51. The van der Waals surface area contributed by atoms with E-state index in [1.165, 1.54) is 10.5 Å². The first kappa shape index (κ1) is 21.1. The number of carbonyl (C=O) groups is 1. The topological polar surface area (TPSA) is 101 Å². The number of nitrogens with zero attached hydrogens (tertiary/aromatic N) is 3. The van der Waals surface area contributed by atoms with E-state index in [1.54, 1.807) is 22.9 Å². The maximum atomic E-state index is 13.3. The summed E-state index contributed by atoms with van der Waals surface area (Å²) in [5, 5.41) is 12.0. The van der Waals surface area contributed by atoms with Gasteiger partial charge in [0.05, 0.1) is 17.1 Å². The highest BCUT2D eigenvalue weighted by molar-refractivity contribution is 5.96. The number of aryl methyl sites for hydroxylation is 2. The van der Waals surface area contributed by atoms with Crippen LogP contribution in [0.1, 0.15) is 28.8 Å². The van der Waals surface area contributed by atoms with Crippen molar-refractivity contribution in [3.63, 3.8) is 0 Å². The molecule has 0 radical (unpaired) electrons. The highest BCUT2D eigenvalue weighted by Crippen LogP contribution is 2.13. The predicted molar refractivity (Wildman–Crippen MR) is 124 cm³/mol. The molecule has 33 heavy (non-hydrogen) atoms. The zero-order valence-corrected chi connectivity index (χ0v) is 18.2. The van der Waals surface area contributed by atoms with Crippen LogP contribution >= 0.6 is 0 Å². The van der Waals surface area contributed by atoms with E-state index in [9.17, 15) is 9.59 Å². The van der Waals surface area contributed by atoms with E-state index in [2.05, 4.69) is 10.3 Å². The molecule has 3 aromatic heterocycles. The van der Waals surface area contributed by atoms with Gasteiger partial charge in [-0.15, -0.1) is 0 Å². The van der Waals surface area contributed by atoms with Crippen molar-refractivity contribution in [2.45, 2.75) is 31.9 Å². The number of hydrogen-bond acceptors (Lipinski definition) is 5. The number of pyridine rings is 2. The number of rotatable bonds is 6. The summed E-state index contributed by atoms with van der Waals surface area (Å²) in [6.07, 6.45) is 4.17. The van der Waals surface area contributed by atoms with Crippen LogP contribution < -0.4 is 16.4 Å². The molecule has 4 aromatic rings. The molecule has 1 saturated heterocycles. The summed E-state index contributed by atoms with van der Waals surface area (Å²) >= 11 is 0. The zero-order chi connectivity index (χ0) is 22.8. The van der Waals surface area contributed by atoms with Gasteiger partial charge in [-0.3, -0.25) is 19.4 Å². The minimum absolute atomic E-state index is 0.00923. The summed E-state index contributed by atoms with van der Waals surface area (Å²) in [5.74, 6) is -0.386. The van der Waals surface area contributed by atoms with Gasteiger partial charge in [0.1, 0.15) is 16.8 Å². The Morgan fingerprint density at radius 2 is 2.00 bits per heavy atom. The van der Waals surface area contributed by atoms with Crippen molar-refractivity contribution < 1.29 is 9.53 Å². The minimum Gasteiger partial charge on any atom is -0.376 e. The molecule has 1 aromatic carbocycles. The highest BCUT2D eigenvalue weighted by atomic mass is 16.5. The van der Waals surface area contributed by atoms with E-state index in [4.69, 9.17) is 10.1 Å². The molecule has 1 aliphatic heterocycles. The lowest BCUT2D eigenvalue weighted by Gasteiger charge is -2.16. The van der Waals surface area contributed by atoms with Crippen molar-refractivity contribution in [1.82, 2.24) is 19.3 Å². The third kappa shape index (κ3) is 4.17. The van der Waals surface area contributed by atoms with Gasteiger partial charge in [-0.05, 0) is 43.0 Å². The zero-order valence-electron chi connectivity index (χ0n) is 18.2. The van der Waals surface area contributed by atoms with E-state index in [0.29, 0.717) is 42.8 Å². The molecule has 4 heterocycles. The SMILES string of the molecule is N=c1c(C(=O)NC[C@@H]2CCCO2)cc2c(=O)n3ccccc3nc2n1CCc1ccccc1. The molecule has 0 bridgehead atoms. The lowest BCUT2D eigenvalue weighted by atomic mass is 10.1. The Morgan fingerprint density at radius 1 is 1.18 bits per heavy atom. The quantitative estimate of drug-likeness (QED) is 0.447. The number of aromatic nitrogens is 3. The van der Waals surface area contributed by atoms with E-state index >= 15 is 0 Å². The van der Waals surface area contributed by atoms with Crippen molar-refractivity contribution in [2.75, 3.05) is 13.2 Å². The van der Waals surface area contributed by atoms with Gasteiger partial charge >= 0.3 is 0 Å². The average molecular weight is 444 g/mol. The Hall–Kier alpha value is -3.78. The monoisotopic (exact) mass is 443 g/mol. The first-order valence-corrected chi connectivity index (χ1v) is 11.1. The minimum atomic E-state index is -0.386. The van der Waals surface area contributed by atoms with E-state index < -0.39 is 0 Å². The van der Waals surface area contributed by atoms with E-state index in [1.807, 2.05) is 36.4 Å². The number of hydrogen-bond donors (Lipinski definition) is 2. The summed E-state index contributed by atoms with van der Waals surface area (Å²) < 4.78 is 8.71. The fourth-order valence-corrected chi connectivity index (χ4v) is 4.27. The van der Waals surface area contributed by atoms with Gasteiger partial charge in [-0.25, -0.2) is 4.98 Å². The molecule has 1 amide bonds. The average Bonchev–Trinajstić information content (AvgIpc) is 3.36. The molecule has 1 fully saturated rings. The first-order chi connectivity index (χ1) is 16.1. The van der Waals surface area contributed by atoms with Crippen LogP contribution in [0, 0.1) is 5.41 Å². The Labute approximate surface area is 190 Å². The van der Waals surface area contributed by atoms with Gasteiger partial charge in [0.2, 0.25) is 0 Å². The van der Waals surface area contributed by atoms with E-state index in [0.717, 1.165) is 18.4 Å². The Balaban J connectivity index is 1.60. The van der Waals surface area contributed by atoms with Crippen molar-refractivity contribution in [2.24, 2.45) is 0 Å². The van der Waals surface area contributed by atoms with Gasteiger partial charge in [-0.2, -0.15) is 0 Å². The van der Waals surface area contributed by atoms with Crippen molar-refractivity contribution in [3.8, 4) is 0 Å². The van der Waals surface area contributed by atoms with Gasteiger partial charge in [-0.1, -0.05) is 36.4 Å². The molecule has 2 N–H and O–H groups in total. The van der Waals surface area contributed by atoms with Crippen molar-refractivity contribution in [3.05, 3.63) is 87.8 Å². The fraction of sp³-hybridized carbons (Fsp3) is 0.280. The molecule has 168 valence electrons. The van der Waals surface area contributed by atoms with Crippen molar-refractivity contribution in [1.29, 1.82) is 5.41 Å². The molecule has 8 heteroatoms. The lowest BCUT2D eigenvalue weighted by molar-refractivity contribution is 0.0856. The molecule has 5 rings (SSSR count). The Morgan fingerprint density at radius 3 is 2.79 bits per heavy atom. The highest BCUT2D eigenvalue weighted by Gasteiger charge is 2.20. The maximum absolute atomic E-state index is 13.3. The summed E-state index contributed by atoms with van der Waals surface area (Å²) in [6, 6.07) is 16.8. The number of nitrogens with one attached hydrogen (secondary N) is 2. The van der Waals surface area contributed by atoms with Gasteiger partial charge < -0.3 is 14.6 Å². The Kier molecular flexibility index (Phi) is 5.75. The molecule has 1 atom stereocenters. The number of benzene rings is 1. The largest absolute Gasteiger partial charge is 0.376 e. The summed E-state index contributed by atoms with van der Waals surface area (Å²) in [5.41, 5.74) is 1.93. The van der Waals surface area contributed by atoms with Crippen LogP contribution in [-0.2, 0) is 17.7 Å². The molecular formula is C25H25N5O3. The maximum Gasteiger partial charge on any atom is 0.267 e. The summed E-state index contributed by atoms with van der Waals surface area (Å²) in [4.78, 5) is 31.0. The molecule has 8 nitrogen and oxygen atoms in total. The van der Waals surface area contributed by atoms with Crippen LogP contribution in [-0.4, -0.2) is 39.1 Å². The molecule has 0 unspecified atom stereocenters. The standard InChI is InChI=1S/C25H25N5O3/c26-22-19(24(31)27-16-18-9-6-14-33-18)15-20-23(28-21-10-4-5-12-29(21)25(20)32)30(22)13-11-17-7-2-1-3-8-17/h1-5,7-8,10,12,15,18,26H,6,9,11,13-14,16H2,(H,27,31)/t18-/m0/s1. The van der Waals surface area contributed by atoms with E-state index in [-0.39, 0.29) is 28.6 Å². The molecule has 1 aliphatic rings. The van der Waals surface area contributed by atoms with Crippen LogP contribution in [0.3, 0.4) is 0 Å². The molecular weight excluding hydrogens is 418 g/mol. The number of ether oxygens (including phenoxy) is 1. The third-order valence-corrected chi connectivity index (χ3v) is 6.04. The molecule has 0 saturated carbocycles. The second kappa shape index (κ2) is 8.99. The van der Waals surface area contributed by atoms with Crippen LogP contribution in [0.25, 0.3) is 16.7 Å². The van der Waals surface area contributed by atoms with Gasteiger partial charge in [0, 0.05) is 25.9 Å². The second-order valence-corrected chi connectivity index (χ2v) is 8.22. The normalized spacial score (nSPS) is 15.8. The summed E-state index contributed by atoms with van der Waals surface area (Å²) in [7, 11) is 0.